The first-order chi connectivity index (χ1) is 8.74. The number of fused-ring (bicyclic) bond motifs is 1. The van der Waals surface area contributed by atoms with E-state index >= 15 is 0 Å². The summed E-state index contributed by atoms with van der Waals surface area (Å²) in [7, 11) is 0. The summed E-state index contributed by atoms with van der Waals surface area (Å²) in [4.78, 5) is 3.19. The third-order valence-electron chi connectivity index (χ3n) is 2.53. The van der Waals surface area contributed by atoms with E-state index in [0.717, 1.165) is 20.9 Å². The van der Waals surface area contributed by atoms with E-state index in [1.165, 1.54) is 11.0 Å². The Kier molecular flexibility index (Phi) is 2.85. The molecule has 2 heterocycles. The largest absolute Gasteiger partial charge is 0.361 e. The lowest BCUT2D eigenvalue weighted by Gasteiger charge is -1.93. The predicted octanol–water partition coefficient (Wildman–Crippen LogP) is 3.07. The normalized spacial score (nSPS) is 11.6. The maximum absolute atomic E-state index is 5.01. The lowest BCUT2D eigenvalue weighted by atomic mass is 10.2. The fraction of sp³-hybridized carbons (Fsp3) is 0. The van der Waals surface area contributed by atoms with E-state index in [0.29, 0.717) is 4.77 Å². The Labute approximate surface area is 116 Å². The Morgan fingerprint density at radius 3 is 3.11 bits per heavy atom. The van der Waals surface area contributed by atoms with E-state index in [2.05, 4.69) is 36.2 Å². The van der Waals surface area contributed by atoms with Gasteiger partial charge in [0.15, 0.2) is 0 Å². The van der Waals surface area contributed by atoms with Crippen LogP contribution < -0.4 is 0 Å². The maximum Gasteiger partial charge on any atom is 0.216 e. The zero-order valence-electron chi connectivity index (χ0n) is 9.09. The van der Waals surface area contributed by atoms with Crippen LogP contribution in [-0.4, -0.2) is 26.1 Å². The second-order valence-electron chi connectivity index (χ2n) is 3.68. The number of aromatic nitrogens is 4. The van der Waals surface area contributed by atoms with E-state index in [1.807, 2.05) is 24.4 Å². The molecule has 5 nitrogen and oxygen atoms in total. The molecule has 0 radical (unpaired) electrons. The van der Waals surface area contributed by atoms with Crippen molar-refractivity contribution in [3.05, 3.63) is 45.5 Å². The highest BCUT2D eigenvalue weighted by molar-refractivity contribution is 9.10. The number of nitrogens with zero attached hydrogens (tertiary/aromatic N) is 3. The number of benzene rings is 1. The summed E-state index contributed by atoms with van der Waals surface area (Å²) in [5, 5.41) is 11.8. The van der Waals surface area contributed by atoms with Gasteiger partial charge in [-0.2, -0.15) is 14.9 Å². The number of H-pyrrole nitrogens is 2. The van der Waals surface area contributed by atoms with Crippen LogP contribution in [0.4, 0.5) is 0 Å². The van der Waals surface area contributed by atoms with Crippen LogP contribution in [0.5, 0.6) is 0 Å². The van der Waals surface area contributed by atoms with Gasteiger partial charge in [0.05, 0.1) is 6.21 Å². The van der Waals surface area contributed by atoms with Gasteiger partial charge in [0.25, 0.3) is 0 Å². The van der Waals surface area contributed by atoms with Gasteiger partial charge in [0.1, 0.15) is 6.33 Å². The molecule has 0 saturated heterocycles. The molecule has 0 aliphatic rings. The Bertz CT molecular complexity index is 782. The average molecular weight is 322 g/mol. The monoisotopic (exact) mass is 321 g/mol. The summed E-state index contributed by atoms with van der Waals surface area (Å²) in [5.74, 6) is 0. The van der Waals surface area contributed by atoms with Gasteiger partial charge in [0, 0.05) is 27.1 Å². The average Bonchev–Trinajstić information content (AvgIpc) is 2.93. The van der Waals surface area contributed by atoms with Gasteiger partial charge in [-0.15, -0.1) is 0 Å². The van der Waals surface area contributed by atoms with Gasteiger partial charge in [-0.25, -0.2) is 0 Å². The molecule has 0 saturated carbocycles. The summed E-state index contributed by atoms with van der Waals surface area (Å²) in [6.07, 6.45) is 5.19. The summed E-state index contributed by atoms with van der Waals surface area (Å²) < 4.78 is 3.00. The maximum atomic E-state index is 5.01. The van der Waals surface area contributed by atoms with Crippen molar-refractivity contribution in [1.29, 1.82) is 0 Å². The van der Waals surface area contributed by atoms with Crippen molar-refractivity contribution in [3.63, 3.8) is 0 Å². The minimum Gasteiger partial charge on any atom is -0.361 e. The van der Waals surface area contributed by atoms with Crippen LogP contribution >= 0.6 is 28.1 Å². The van der Waals surface area contributed by atoms with Crippen molar-refractivity contribution < 1.29 is 0 Å². The molecule has 0 unspecified atom stereocenters. The molecule has 0 bridgehead atoms. The molecule has 2 aromatic heterocycles. The van der Waals surface area contributed by atoms with Crippen molar-refractivity contribution in [1.82, 2.24) is 19.9 Å². The molecule has 3 aromatic rings. The van der Waals surface area contributed by atoms with E-state index in [4.69, 9.17) is 12.2 Å². The smallest absolute Gasteiger partial charge is 0.216 e. The summed E-state index contributed by atoms with van der Waals surface area (Å²) in [5.41, 5.74) is 2.06. The first-order valence-corrected chi connectivity index (χ1v) is 6.37. The highest BCUT2D eigenvalue weighted by atomic mass is 79.9. The van der Waals surface area contributed by atoms with Gasteiger partial charge >= 0.3 is 0 Å². The number of nitrogens with one attached hydrogen (secondary N) is 2. The molecule has 1 aromatic carbocycles. The summed E-state index contributed by atoms with van der Waals surface area (Å²) in [6.45, 7) is 0. The number of halogens is 1. The Balaban J connectivity index is 2.05. The van der Waals surface area contributed by atoms with E-state index < -0.39 is 0 Å². The molecule has 0 atom stereocenters. The van der Waals surface area contributed by atoms with Crippen molar-refractivity contribution in [2.75, 3.05) is 0 Å². The van der Waals surface area contributed by atoms with Crippen molar-refractivity contribution in [3.8, 4) is 0 Å². The molecule has 3 rings (SSSR count). The first-order valence-electron chi connectivity index (χ1n) is 5.17. The van der Waals surface area contributed by atoms with Crippen molar-refractivity contribution in [2.24, 2.45) is 5.10 Å². The third kappa shape index (κ3) is 2.02. The molecule has 2 N–H and O–H groups in total. The topological polar surface area (TPSA) is 61.8 Å². The molecule has 90 valence electrons. The van der Waals surface area contributed by atoms with Crippen LogP contribution in [0.25, 0.3) is 10.9 Å². The van der Waals surface area contributed by atoms with Crippen LogP contribution in [0, 0.1) is 4.77 Å². The zero-order valence-corrected chi connectivity index (χ0v) is 11.5. The molecule has 0 spiro atoms. The Morgan fingerprint density at radius 2 is 2.33 bits per heavy atom. The summed E-state index contributed by atoms with van der Waals surface area (Å²) >= 11 is 8.47. The predicted molar refractivity (Wildman–Crippen MR) is 76.4 cm³/mol. The number of hydrogen-bond donors (Lipinski definition) is 2. The molecule has 0 aliphatic heterocycles. The first kappa shape index (κ1) is 11.4. The Morgan fingerprint density at radius 1 is 1.44 bits per heavy atom. The minimum absolute atomic E-state index is 0.465. The van der Waals surface area contributed by atoms with Crippen LogP contribution in [0.15, 0.2) is 40.3 Å². The molecule has 7 heteroatoms. The lowest BCUT2D eigenvalue weighted by molar-refractivity contribution is 0.863. The molecule has 18 heavy (non-hydrogen) atoms. The molecule has 0 aliphatic carbocycles. The molecule has 0 fully saturated rings. The van der Waals surface area contributed by atoms with Crippen LogP contribution in [-0.2, 0) is 0 Å². The Hall–Kier alpha value is -1.73. The van der Waals surface area contributed by atoms with Gasteiger partial charge in [-0.1, -0.05) is 15.9 Å². The van der Waals surface area contributed by atoms with Crippen molar-refractivity contribution >= 4 is 45.3 Å². The van der Waals surface area contributed by atoms with Crippen LogP contribution in [0.1, 0.15) is 5.56 Å². The second kappa shape index (κ2) is 4.51. The van der Waals surface area contributed by atoms with Gasteiger partial charge in [-0.3, -0.25) is 5.10 Å². The van der Waals surface area contributed by atoms with Crippen LogP contribution in [0.2, 0.25) is 0 Å². The van der Waals surface area contributed by atoms with Gasteiger partial charge in [-0.05, 0) is 30.4 Å². The highest BCUT2D eigenvalue weighted by Gasteiger charge is 2.01. The second-order valence-corrected chi connectivity index (χ2v) is 4.99. The zero-order chi connectivity index (χ0) is 12.5. The quantitative estimate of drug-likeness (QED) is 0.563. The van der Waals surface area contributed by atoms with E-state index in [-0.39, 0.29) is 0 Å². The van der Waals surface area contributed by atoms with Gasteiger partial charge < -0.3 is 4.98 Å². The standard InChI is InChI=1S/C11H8BrN5S/c12-8-1-2-10-9(3-8)7(4-13-10)5-15-17-6-14-16-11(17)18/h1-6,13H,(H,16,18)/b15-5+. The fourth-order valence-corrected chi connectivity index (χ4v) is 2.18. The van der Waals surface area contributed by atoms with Crippen LogP contribution in [0.3, 0.4) is 0 Å². The SMILES string of the molecule is S=c1[nH]ncn1/N=C/c1c[nH]c2ccc(Br)cc12. The minimum atomic E-state index is 0.465. The van der Waals surface area contributed by atoms with Gasteiger partial charge in [0.2, 0.25) is 4.77 Å². The third-order valence-corrected chi connectivity index (χ3v) is 3.30. The molecule has 0 amide bonds. The van der Waals surface area contributed by atoms with Crippen molar-refractivity contribution in [2.45, 2.75) is 0 Å². The molecular formula is C11H8BrN5S. The molecular weight excluding hydrogens is 314 g/mol. The number of hydrogen-bond acceptors (Lipinski definition) is 3. The van der Waals surface area contributed by atoms with E-state index in [9.17, 15) is 0 Å². The number of rotatable bonds is 2. The van der Waals surface area contributed by atoms with E-state index in [1.54, 1.807) is 6.21 Å². The fourth-order valence-electron chi connectivity index (χ4n) is 1.67. The highest BCUT2D eigenvalue weighted by Crippen LogP contribution is 2.21. The number of aromatic amines is 2. The lowest BCUT2D eigenvalue weighted by Crippen LogP contribution is -1.88. The summed E-state index contributed by atoms with van der Waals surface area (Å²) in [6, 6.07) is 6.05.